The number of unbranched alkanes of at least 4 members (excludes halogenated alkanes) is 1. The first-order valence-corrected chi connectivity index (χ1v) is 4.93. The molecule has 1 aromatic heterocycles. The van der Waals surface area contributed by atoms with Gasteiger partial charge in [-0.25, -0.2) is 0 Å². The topological polar surface area (TPSA) is 60.1 Å². The maximum absolute atomic E-state index is 11.5. The maximum atomic E-state index is 11.5. The lowest BCUT2D eigenvalue weighted by molar-refractivity contribution is -0.118. The summed E-state index contributed by atoms with van der Waals surface area (Å²) in [4.78, 5) is 11.5. The summed E-state index contributed by atoms with van der Waals surface area (Å²) in [5.74, 6) is -0.130. The summed E-state index contributed by atoms with van der Waals surface area (Å²) in [5.41, 5.74) is 8.38. The number of amides is 1. The zero-order chi connectivity index (χ0) is 10.4. The molecule has 0 radical (unpaired) electrons. The third kappa shape index (κ3) is 3.22. The molecule has 3 N–H and O–H groups in total. The molecule has 4 heteroatoms. The summed E-state index contributed by atoms with van der Waals surface area (Å²) in [6.07, 6.45) is 6.32. The monoisotopic (exact) mass is 195 g/mol. The predicted molar refractivity (Wildman–Crippen MR) is 56.3 cm³/mol. The molecule has 1 heterocycles. The van der Waals surface area contributed by atoms with Gasteiger partial charge in [-0.2, -0.15) is 0 Å². The van der Waals surface area contributed by atoms with E-state index in [1.54, 1.807) is 17.1 Å². The summed E-state index contributed by atoms with van der Waals surface area (Å²) in [6, 6.07) is 3.28. The minimum absolute atomic E-state index is 0.130. The molecule has 0 spiro atoms. The molecular weight excluding hydrogens is 178 g/mol. The number of rotatable bonds is 5. The van der Waals surface area contributed by atoms with Crippen molar-refractivity contribution >= 4 is 5.91 Å². The quantitative estimate of drug-likeness (QED) is 0.738. The van der Waals surface area contributed by atoms with Gasteiger partial charge in [-0.1, -0.05) is 19.8 Å². The number of hydrogen-bond donors (Lipinski definition) is 2. The van der Waals surface area contributed by atoms with Gasteiger partial charge in [0.1, 0.15) is 0 Å². The van der Waals surface area contributed by atoms with Crippen molar-refractivity contribution in [1.29, 1.82) is 0 Å². The van der Waals surface area contributed by atoms with Gasteiger partial charge >= 0.3 is 0 Å². The van der Waals surface area contributed by atoms with Gasteiger partial charge < -0.3 is 5.73 Å². The average molecular weight is 195 g/mol. The second-order valence-corrected chi connectivity index (χ2v) is 3.32. The van der Waals surface area contributed by atoms with Crippen LogP contribution in [-0.2, 0) is 4.79 Å². The van der Waals surface area contributed by atoms with Gasteiger partial charge in [-0.3, -0.25) is 14.9 Å². The van der Waals surface area contributed by atoms with E-state index >= 15 is 0 Å². The highest BCUT2D eigenvalue weighted by molar-refractivity contribution is 5.88. The van der Waals surface area contributed by atoms with Gasteiger partial charge in [0.05, 0.1) is 6.04 Å². The summed E-state index contributed by atoms with van der Waals surface area (Å²) < 4.78 is 1.61. The Morgan fingerprint density at radius 1 is 1.50 bits per heavy atom. The van der Waals surface area contributed by atoms with Crippen molar-refractivity contribution in [3.05, 3.63) is 24.5 Å². The second kappa shape index (κ2) is 5.44. The van der Waals surface area contributed by atoms with E-state index < -0.39 is 6.04 Å². The minimum Gasteiger partial charge on any atom is -0.320 e. The molecule has 4 nitrogen and oxygen atoms in total. The molecule has 0 aliphatic rings. The van der Waals surface area contributed by atoms with E-state index in [0.29, 0.717) is 0 Å². The van der Waals surface area contributed by atoms with E-state index in [4.69, 9.17) is 5.73 Å². The molecule has 78 valence electrons. The molecule has 1 aromatic rings. The van der Waals surface area contributed by atoms with Gasteiger partial charge in [0, 0.05) is 12.4 Å². The Morgan fingerprint density at radius 3 is 2.71 bits per heavy atom. The van der Waals surface area contributed by atoms with Crippen LogP contribution in [0.15, 0.2) is 24.5 Å². The van der Waals surface area contributed by atoms with Crippen molar-refractivity contribution in [3.8, 4) is 0 Å². The van der Waals surface area contributed by atoms with Crippen LogP contribution in [0.2, 0.25) is 0 Å². The Kier molecular flexibility index (Phi) is 4.19. The maximum Gasteiger partial charge on any atom is 0.255 e. The SMILES string of the molecule is CCCCC(N)C(=O)Nn1cccc1. The summed E-state index contributed by atoms with van der Waals surface area (Å²) >= 11 is 0. The Hall–Kier alpha value is -1.29. The van der Waals surface area contributed by atoms with Crippen LogP contribution in [0.5, 0.6) is 0 Å². The third-order valence-corrected chi connectivity index (χ3v) is 2.05. The molecular formula is C10H17N3O. The first-order valence-electron chi connectivity index (χ1n) is 4.93. The summed E-state index contributed by atoms with van der Waals surface area (Å²) in [7, 11) is 0. The number of hydrogen-bond acceptors (Lipinski definition) is 2. The van der Waals surface area contributed by atoms with Crippen LogP contribution in [0.1, 0.15) is 26.2 Å². The fraction of sp³-hybridized carbons (Fsp3) is 0.500. The third-order valence-electron chi connectivity index (χ3n) is 2.05. The molecule has 14 heavy (non-hydrogen) atoms. The molecule has 1 amide bonds. The van der Waals surface area contributed by atoms with Crippen molar-refractivity contribution in [2.75, 3.05) is 5.43 Å². The van der Waals surface area contributed by atoms with Gasteiger partial charge in [0.15, 0.2) is 0 Å². The van der Waals surface area contributed by atoms with Crippen LogP contribution in [0, 0.1) is 0 Å². The van der Waals surface area contributed by atoms with Crippen molar-refractivity contribution in [2.45, 2.75) is 32.2 Å². The molecule has 0 bridgehead atoms. The molecule has 0 saturated heterocycles. The van der Waals surface area contributed by atoms with Gasteiger partial charge in [-0.05, 0) is 18.6 Å². The van der Waals surface area contributed by atoms with E-state index in [2.05, 4.69) is 12.3 Å². The number of nitrogens with one attached hydrogen (secondary N) is 1. The van der Waals surface area contributed by atoms with Gasteiger partial charge in [0.25, 0.3) is 5.91 Å². The first-order chi connectivity index (χ1) is 6.74. The number of carbonyl (C=O) groups excluding carboxylic acids is 1. The number of carbonyl (C=O) groups is 1. The van der Waals surface area contributed by atoms with Crippen LogP contribution in [0.25, 0.3) is 0 Å². The Labute approximate surface area is 84.1 Å². The van der Waals surface area contributed by atoms with Crippen LogP contribution in [-0.4, -0.2) is 16.6 Å². The van der Waals surface area contributed by atoms with Gasteiger partial charge in [-0.15, -0.1) is 0 Å². The van der Waals surface area contributed by atoms with E-state index in [0.717, 1.165) is 19.3 Å². The van der Waals surface area contributed by atoms with Crippen molar-refractivity contribution in [3.63, 3.8) is 0 Å². The van der Waals surface area contributed by atoms with Crippen molar-refractivity contribution < 1.29 is 4.79 Å². The van der Waals surface area contributed by atoms with Crippen LogP contribution < -0.4 is 11.2 Å². The Balaban J connectivity index is 2.34. The molecule has 0 aliphatic carbocycles. The zero-order valence-corrected chi connectivity index (χ0v) is 8.44. The van der Waals surface area contributed by atoms with Crippen LogP contribution in [0.4, 0.5) is 0 Å². The molecule has 0 fully saturated rings. The fourth-order valence-corrected chi connectivity index (χ4v) is 1.17. The summed E-state index contributed by atoms with van der Waals surface area (Å²) in [5, 5.41) is 0. The lowest BCUT2D eigenvalue weighted by Crippen LogP contribution is -2.38. The van der Waals surface area contributed by atoms with Crippen LogP contribution in [0.3, 0.4) is 0 Å². The van der Waals surface area contributed by atoms with Crippen molar-refractivity contribution in [2.24, 2.45) is 5.73 Å². The largest absolute Gasteiger partial charge is 0.320 e. The Morgan fingerprint density at radius 2 is 2.14 bits per heavy atom. The van der Waals surface area contributed by atoms with E-state index in [1.165, 1.54) is 0 Å². The molecule has 1 atom stereocenters. The van der Waals surface area contributed by atoms with Crippen LogP contribution >= 0.6 is 0 Å². The predicted octanol–water partition coefficient (Wildman–Crippen LogP) is 1.08. The first kappa shape index (κ1) is 10.8. The van der Waals surface area contributed by atoms with Gasteiger partial charge in [0.2, 0.25) is 0 Å². The summed E-state index contributed by atoms with van der Waals surface area (Å²) in [6.45, 7) is 2.08. The highest BCUT2D eigenvalue weighted by Gasteiger charge is 2.11. The fourth-order valence-electron chi connectivity index (χ4n) is 1.17. The van der Waals surface area contributed by atoms with Crippen molar-refractivity contribution in [1.82, 2.24) is 4.68 Å². The lowest BCUT2D eigenvalue weighted by Gasteiger charge is -2.11. The zero-order valence-electron chi connectivity index (χ0n) is 8.44. The smallest absolute Gasteiger partial charge is 0.255 e. The molecule has 1 unspecified atom stereocenters. The standard InChI is InChI=1S/C10H17N3O/c1-2-3-6-9(11)10(14)12-13-7-4-5-8-13/h4-5,7-9H,2-3,6,11H2,1H3,(H,12,14). The molecule has 0 aliphatic heterocycles. The minimum atomic E-state index is -0.405. The highest BCUT2D eigenvalue weighted by atomic mass is 16.2. The van der Waals surface area contributed by atoms with E-state index in [1.807, 2.05) is 12.1 Å². The second-order valence-electron chi connectivity index (χ2n) is 3.32. The number of nitrogens with zero attached hydrogens (tertiary/aromatic N) is 1. The molecule has 0 saturated carbocycles. The highest BCUT2D eigenvalue weighted by Crippen LogP contribution is 1.98. The van der Waals surface area contributed by atoms with E-state index in [-0.39, 0.29) is 5.91 Å². The Bertz CT molecular complexity index is 269. The lowest BCUT2D eigenvalue weighted by atomic mass is 10.1. The number of nitrogens with two attached hydrogens (primary N) is 1. The normalized spacial score (nSPS) is 12.4. The number of aromatic nitrogens is 1. The molecule has 0 aromatic carbocycles. The van der Waals surface area contributed by atoms with E-state index in [9.17, 15) is 4.79 Å². The molecule has 1 rings (SSSR count). The average Bonchev–Trinajstić information content (AvgIpc) is 2.66.